The van der Waals surface area contributed by atoms with Crippen LogP contribution in [0.25, 0.3) is 6.08 Å². The molecule has 0 atom stereocenters. The van der Waals surface area contributed by atoms with Crippen molar-refractivity contribution in [2.24, 2.45) is 0 Å². The van der Waals surface area contributed by atoms with Gasteiger partial charge in [0.25, 0.3) is 5.91 Å². The van der Waals surface area contributed by atoms with Crippen LogP contribution in [-0.4, -0.2) is 24.6 Å². The van der Waals surface area contributed by atoms with Crippen LogP contribution in [0.4, 0.5) is 0 Å². The summed E-state index contributed by atoms with van der Waals surface area (Å²) in [6.07, 6.45) is 3.91. The fraction of sp³-hybridized carbons (Fsp3) is 0.250. The third-order valence-corrected chi connectivity index (χ3v) is 1.88. The molecule has 3 nitrogen and oxygen atoms in total. The molecule has 1 rings (SSSR count). The molecule has 0 radical (unpaired) electrons. The lowest BCUT2D eigenvalue weighted by Crippen LogP contribution is -2.49. The molecule has 0 bridgehead atoms. The molecule has 0 aromatic heterocycles. The van der Waals surface area contributed by atoms with Crippen LogP contribution >= 0.6 is 0 Å². The summed E-state index contributed by atoms with van der Waals surface area (Å²) >= 11 is 0. The third kappa shape index (κ3) is 4.42. The van der Waals surface area contributed by atoms with Crippen molar-refractivity contribution in [2.75, 3.05) is 14.1 Å². The topological polar surface area (TPSA) is 29.1 Å². The summed E-state index contributed by atoms with van der Waals surface area (Å²) in [7, 11) is 3.81. The number of carbonyl (C=O) groups is 1. The number of hydrogen-bond acceptors (Lipinski definition) is 1. The van der Waals surface area contributed by atoms with Gasteiger partial charge >= 0.3 is 0 Å². The lowest BCUT2D eigenvalue weighted by molar-refractivity contribution is -0.874. The van der Waals surface area contributed by atoms with E-state index in [1.807, 2.05) is 56.7 Å². The fourth-order valence-electron chi connectivity index (χ4n) is 1.28. The Morgan fingerprint density at radius 3 is 2.40 bits per heavy atom. The molecule has 1 N–H and O–H groups in total. The Bertz CT molecular complexity index is 355. The van der Waals surface area contributed by atoms with Crippen LogP contribution < -0.4 is 5.43 Å². The van der Waals surface area contributed by atoms with Gasteiger partial charge in [0.2, 0.25) is 0 Å². The quantitative estimate of drug-likeness (QED) is 0.591. The van der Waals surface area contributed by atoms with Crippen LogP contribution in [0.15, 0.2) is 36.5 Å². The SMILES string of the molecule is CC(=O)N[N+](C)(C)/C=C/c1ccccc1. The van der Waals surface area contributed by atoms with E-state index in [-0.39, 0.29) is 5.91 Å². The molecule has 0 spiro atoms. The van der Waals surface area contributed by atoms with Crippen molar-refractivity contribution in [1.82, 2.24) is 5.43 Å². The van der Waals surface area contributed by atoms with Gasteiger partial charge in [0.15, 0.2) is 0 Å². The van der Waals surface area contributed by atoms with Gasteiger partial charge in [0.05, 0.1) is 14.1 Å². The van der Waals surface area contributed by atoms with Gasteiger partial charge in [-0.1, -0.05) is 30.3 Å². The summed E-state index contributed by atoms with van der Waals surface area (Å²) < 4.78 is 0.338. The summed E-state index contributed by atoms with van der Waals surface area (Å²) in [5, 5.41) is 0. The molecule has 0 unspecified atom stereocenters. The molecule has 0 aliphatic rings. The zero-order valence-corrected chi connectivity index (χ0v) is 9.40. The van der Waals surface area contributed by atoms with E-state index < -0.39 is 0 Å². The lowest BCUT2D eigenvalue weighted by Gasteiger charge is -2.23. The van der Waals surface area contributed by atoms with Gasteiger partial charge in [0.1, 0.15) is 6.20 Å². The molecular weight excluding hydrogens is 188 g/mol. The molecule has 0 saturated carbocycles. The van der Waals surface area contributed by atoms with Gasteiger partial charge in [-0.05, 0) is 5.56 Å². The van der Waals surface area contributed by atoms with E-state index in [0.717, 1.165) is 5.56 Å². The van der Waals surface area contributed by atoms with Crippen LogP contribution in [0, 0.1) is 0 Å². The maximum atomic E-state index is 10.9. The minimum Gasteiger partial charge on any atom is -0.270 e. The maximum absolute atomic E-state index is 10.9. The number of hydrogen-bond donors (Lipinski definition) is 1. The lowest BCUT2D eigenvalue weighted by atomic mass is 10.2. The summed E-state index contributed by atoms with van der Waals surface area (Å²) in [5.41, 5.74) is 3.92. The van der Waals surface area contributed by atoms with Crippen molar-refractivity contribution in [3.63, 3.8) is 0 Å². The molecule has 0 fully saturated rings. The minimum atomic E-state index is -0.0438. The van der Waals surface area contributed by atoms with Crippen molar-refractivity contribution < 1.29 is 9.39 Å². The fourth-order valence-corrected chi connectivity index (χ4v) is 1.28. The number of carbonyl (C=O) groups excluding carboxylic acids is 1. The standard InChI is InChI=1S/C12H16N2O/c1-11(15)13-14(2,3)10-9-12-7-5-4-6-8-12/h4-10H,1-3H3/p+1/b10-9+. The largest absolute Gasteiger partial charge is 0.270 e. The summed E-state index contributed by atoms with van der Waals surface area (Å²) in [6, 6.07) is 9.98. The Morgan fingerprint density at radius 2 is 1.87 bits per heavy atom. The molecule has 1 aromatic carbocycles. The molecule has 80 valence electrons. The first-order valence-corrected chi connectivity index (χ1v) is 4.86. The zero-order chi connectivity index (χ0) is 11.3. The van der Waals surface area contributed by atoms with E-state index in [2.05, 4.69) is 5.43 Å². The van der Waals surface area contributed by atoms with Crippen molar-refractivity contribution >= 4 is 12.0 Å². The second kappa shape index (κ2) is 4.75. The van der Waals surface area contributed by atoms with E-state index in [0.29, 0.717) is 4.59 Å². The van der Waals surface area contributed by atoms with E-state index in [4.69, 9.17) is 0 Å². The van der Waals surface area contributed by atoms with Crippen molar-refractivity contribution in [3.8, 4) is 0 Å². The first-order valence-electron chi connectivity index (χ1n) is 4.86. The van der Waals surface area contributed by atoms with Crippen molar-refractivity contribution in [2.45, 2.75) is 6.92 Å². The Labute approximate surface area is 90.6 Å². The second-order valence-corrected chi connectivity index (χ2v) is 3.93. The highest BCUT2D eigenvalue weighted by Gasteiger charge is 2.11. The number of rotatable bonds is 3. The zero-order valence-electron chi connectivity index (χ0n) is 9.40. The van der Waals surface area contributed by atoms with Gasteiger partial charge in [-0.15, -0.1) is 0 Å². The molecule has 15 heavy (non-hydrogen) atoms. The molecule has 3 heteroatoms. The highest BCUT2D eigenvalue weighted by Crippen LogP contribution is 2.03. The van der Waals surface area contributed by atoms with E-state index in [1.54, 1.807) is 0 Å². The van der Waals surface area contributed by atoms with Crippen LogP contribution in [0.2, 0.25) is 0 Å². The van der Waals surface area contributed by atoms with Gasteiger partial charge in [0, 0.05) is 13.0 Å². The number of quaternary nitrogens is 1. The second-order valence-electron chi connectivity index (χ2n) is 3.93. The molecule has 0 aliphatic carbocycles. The third-order valence-electron chi connectivity index (χ3n) is 1.88. The van der Waals surface area contributed by atoms with Crippen LogP contribution in [-0.2, 0) is 4.79 Å². The molecular formula is C12H17N2O+. The van der Waals surface area contributed by atoms with E-state index in [1.165, 1.54) is 6.92 Å². The van der Waals surface area contributed by atoms with Gasteiger partial charge in [-0.25, -0.2) is 0 Å². The Morgan fingerprint density at radius 1 is 1.27 bits per heavy atom. The number of nitrogens with one attached hydrogen (secondary N) is 1. The Balaban J connectivity index is 2.68. The first kappa shape index (κ1) is 11.5. The van der Waals surface area contributed by atoms with E-state index >= 15 is 0 Å². The smallest absolute Gasteiger partial charge is 0.262 e. The molecule has 0 saturated heterocycles. The summed E-state index contributed by atoms with van der Waals surface area (Å²) in [5.74, 6) is -0.0438. The predicted octanol–water partition coefficient (Wildman–Crippen LogP) is 1.78. The monoisotopic (exact) mass is 205 g/mol. The minimum absolute atomic E-state index is 0.0438. The predicted molar refractivity (Wildman–Crippen MR) is 61.4 cm³/mol. The Hall–Kier alpha value is -1.61. The molecule has 0 aliphatic heterocycles. The molecule has 0 heterocycles. The Kier molecular flexibility index (Phi) is 3.63. The first-order chi connectivity index (χ1) is 6.99. The number of benzene rings is 1. The van der Waals surface area contributed by atoms with Crippen molar-refractivity contribution in [1.29, 1.82) is 0 Å². The average molecular weight is 205 g/mol. The normalized spacial score (nSPS) is 11.7. The highest BCUT2D eigenvalue weighted by molar-refractivity contribution is 5.71. The molecule has 1 aromatic rings. The van der Waals surface area contributed by atoms with E-state index in [9.17, 15) is 4.79 Å². The van der Waals surface area contributed by atoms with Gasteiger partial charge < -0.3 is 0 Å². The summed E-state index contributed by atoms with van der Waals surface area (Å²) in [4.78, 5) is 10.9. The molecule has 1 amide bonds. The van der Waals surface area contributed by atoms with Crippen LogP contribution in [0.1, 0.15) is 12.5 Å². The van der Waals surface area contributed by atoms with Gasteiger partial charge in [-0.2, -0.15) is 10.0 Å². The van der Waals surface area contributed by atoms with Crippen molar-refractivity contribution in [3.05, 3.63) is 42.1 Å². The van der Waals surface area contributed by atoms with Gasteiger partial charge in [-0.3, -0.25) is 4.79 Å². The number of nitrogens with zero attached hydrogens (tertiary/aromatic N) is 1. The maximum Gasteiger partial charge on any atom is 0.262 e. The summed E-state index contributed by atoms with van der Waals surface area (Å²) in [6.45, 7) is 1.51. The van der Waals surface area contributed by atoms with Crippen LogP contribution in [0.3, 0.4) is 0 Å². The number of amides is 1. The average Bonchev–Trinajstić information content (AvgIpc) is 2.15. The highest BCUT2D eigenvalue weighted by atomic mass is 16.2. The van der Waals surface area contributed by atoms with Crippen LogP contribution in [0.5, 0.6) is 0 Å².